The van der Waals surface area contributed by atoms with Gasteiger partial charge in [0.25, 0.3) is 0 Å². The Balaban J connectivity index is 3.83. The monoisotopic (exact) mass is 128 g/mol. The van der Waals surface area contributed by atoms with Crippen molar-refractivity contribution < 1.29 is 5.11 Å². The van der Waals surface area contributed by atoms with E-state index in [0.29, 0.717) is 5.92 Å². The fraction of sp³-hybridized carbons (Fsp3) is 0.750. The van der Waals surface area contributed by atoms with Crippen molar-refractivity contribution in [1.29, 1.82) is 0 Å². The first kappa shape index (κ1) is 8.70. The van der Waals surface area contributed by atoms with E-state index in [2.05, 4.69) is 20.4 Å². The van der Waals surface area contributed by atoms with Gasteiger partial charge in [-0.1, -0.05) is 26.0 Å². The Labute approximate surface area is 57.4 Å². The molecule has 0 aliphatic carbocycles. The van der Waals surface area contributed by atoms with Crippen LogP contribution in [0.4, 0.5) is 0 Å². The van der Waals surface area contributed by atoms with Gasteiger partial charge in [-0.2, -0.15) is 0 Å². The molecular weight excluding hydrogens is 112 g/mol. The fourth-order valence-electron chi connectivity index (χ4n) is 0.936. The Morgan fingerprint density at radius 3 is 2.00 bits per heavy atom. The van der Waals surface area contributed by atoms with Gasteiger partial charge in [-0.15, -0.1) is 0 Å². The van der Waals surface area contributed by atoms with Crippen molar-refractivity contribution in [3.05, 3.63) is 12.2 Å². The molecule has 0 rings (SSSR count). The number of aliphatic hydroxyl groups is 1. The van der Waals surface area contributed by atoms with Gasteiger partial charge in [0.2, 0.25) is 0 Å². The largest absolute Gasteiger partial charge is 0.396 e. The quantitative estimate of drug-likeness (QED) is 0.575. The van der Waals surface area contributed by atoms with Crippen LogP contribution in [0.2, 0.25) is 0 Å². The fourth-order valence-corrected chi connectivity index (χ4v) is 0.936. The molecular formula is C8H16O. The molecule has 0 unspecified atom stereocenters. The van der Waals surface area contributed by atoms with Crippen molar-refractivity contribution in [1.82, 2.24) is 0 Å². The van der Waals surface area contributed by atoms with E-state index in [0.717, 1.165) is 5.57 Å². The first-order valence-electron chi connectivity index (χ1n) is 3.35. The molecule has 0 saturated heterocycles. The first-order chi connectivity index (χ1) is 4.09. The minimum Gasteiger partial charge on any atom is -0.396 e. The van der Waals surface area contributed by atoms with E-state index in [1.54, 1.807) is 0 Å². The summed E-state index contributed by atoms with van der Waals surface area (Å²) in [6, 6.07) is 0. The topological polar surface area (TPSA) is 20.2 Å². The van der Waals surface area contributed by atoms with Crippen molar-refractivity contribution >= 4 is 0 Å². The Bertz CT molecular complexity index is 94.7. The highest BCUT2D eigenvalue weighted by Gasteiger charge is 2.11. The van der Waals surface area contributed by atoms with Crippen LogP contribution < -0.4 is 0 Å². The van der Waals surface area contributed by atoms with Crippen LogP contribution >= 0.6 is 0 Å². The molecule has 1 heteroatoms. The number of rotatable bonds is 3. The molecule has 0 heterocycles. The third-order valence-electron chi connectivity index (χ3n) is 1.63. The highest BCUT2D eigenvalue weighted by molar-refractivity contribution is 4.96. The van der Waals surface area contributed by atoms with Gasteiger partial charge in [0.1, 0.15) is 0 Å². The molecule has 0 radical (unpaired) electrons. The van der Waals surface area contributed by atoms with Gasteiger partial charge in [0.15, 0.2) is 0 Å². The van der Waals surface area contributed by atoms with Gasteiger partial charge in [0.05, 0.1) is 0 Å². The molecule has 0 amide bonds. The molecule has 1 nitrogen and oxygen atoms in total. The van der Waals surface area contributed by atoms with Crippen LogP contribution in [-0.4, -0.2) is 11.7 Å². The first-order valence-corrected chi connectivity index (χ1v) is 3.35. The van der Waals surface area contributed by atoms with E-state index in [1.807, 2.05) is 6.92 Å². The van der Waals surface area contributed by atoms with Gasteiger partial charge in [0, 0.05) is 12.5 Å². The van der Waals surface area contributed by atoms with E-state index >= 15 is 0 Å². The predicted molar refractivity (Wildman–Crippen MR) is 40.2 cm³/mol. The molecule has 9 heavy (non-hydrogen) atoms. The smallest absolute Gasteiger partial charge is 0.0498 e. The molecule has 0 bridgehead atoms. The summed E-state index contributed by atoms with van der Waals surface area (Å²) in [6.45, 7) is 10.2. The number of hydrogen-bond donors (Lipinski definition) is 1. The second-order valence-electron chi connectivity index (χ2n) is 2.88. The molecule has 0 aliphatic rings. The molecule has 1 N–H and O–H groups in total. The van der Waals surface area contributed by atoms with E-state index in [1.165, 1.54) is 0 Å². The van der Waals surface area contributed by atoms with E-state index in [4.69, 9.17) is 5.11 Å². The normalized spacial score (nSPS) is 13.9. The molecule has 0 aliphatic heterocycles. The van der Waals surface area contributed by atoms with Crippen molar-refractivity contribution in [2.24, 2.45) is 11.8 Å². The average molecular weight is 128 g/mol. The summed E-state index contributed by atoms with van der Waals surface area (Å²) < 4.78 is 0. The standard InChI is InChI=1S/C8H16O/c1-6(2)8(5-9)7(3)4/h7-9H,1,5H2,2-4H3/t8-/m1/s1. The number of aliphatic hydroxyl groups excluding tert-OH is 1. The summed E-state index contributed by atoms with van der Waals surface area (Å²) >= 11 is 0. The molecule has 0 fully saturated rings. The molecule has 0 spiro atoms. The van der Waals surface area contributed by atoms with Crippen molar-refractivity contribution in [3.63, 3.8) is 0 Å². The van der Waals surface area contributed by atoms with Crippen LogP contribution in [0.25, 0.3) is 0 Å². The van der Waals surface area contributed by atoms with Crippen LogP contribution in [-0.2, 0) is 0 Å². The predicted octanol–water partition coefficient (Wildman–Crippen LogP) is 1.83. The minimum absolute atomic E-state index is 0.229. The maximum absolute atomic E-state index is 8.81. The zero-order valence-electron chi connectivity index (χ0n) is 6.52. The van der Waals surface area contributed by atoms with Gasteiger partial charge >= 0.3 is 0 Å². The second-order valence-corrected chi connectivity index (χ2v) is 2.88. The molecule has 0 aromatic carbocycles. The van der Waals surface area contributed by atoms with Gasteiger partial charge < -0.3 is 5.11 Å². The summed E-state index contributed by atoms with van der Waals surface area (Å²) in [4.78, 5) is 0. The minimum atomic E-state index is 0.229. The Morgan fingerprint density at radius 2 is 2.00 bits per heavy atom. The van der Waals surface area contributed by atoms with Crippen LogP contribution in [0, 0.1) is 11.8 Å². The average Bonchev–Trinajstić information content (AvgIpc) is 1.64. The third-order valence-corrected chi connectivity index (χ3v) is 1.63. The SMILES string of the molecule is C=C(C)[C@@H](CO)C(C)C. The number of hydrogen-bond acceptors (Lipinski definition) is 1. The molecule has 0 saturated carbocycles. The summed E-state index contributed by atoms with van der Waals surface area (Å²) in [5.74, 6) is 0.789. The zero-order chi connectivity index (χ0) is 7.44. The van der Waals surface area contributed by atoms with Gasteiger partial charge in [-0.3, -0.25) is 0 Å². The zero-order valence-corrected chi connectivity index (χ0v) is 6.52. The van der Waals surface area contributed by atoms with Crippen LogP contribution in [0.1, 0.15) is 20.8 Å². The molecule has 54 valence electrons. The van der Waals surface area contributed by atoms with Crippen molar-refractivity contribution in [2.45, 2.75) is 20.8 Å². The van der Waals surface area contributed by atoms with Crippen molar-refractivity contribution in [3.8, 4) is 0 Å². The van der Waals surface area contributed by atoms with Crippen LogP contribution in [0.5, 0.6) is 0 Å². The van der Waals surface area contributed by atoms with E-state index in [9.17, 15) is 0 Å². The summed E-state index contributed by atoms with van der Waals surface area (Å²) in [7, 11) is 0. The summed E-state index contributed by atoms with van der Waals surface area (Å²) in [5, 5.41) is 8.81. The lowest BCUT2D eigenvalue weighted by Gasteiger charge is -2.17. The third kappa shape index (κ3) is 2.66. The molecule has 0 aromatic rings. The van der Waals surface area contributed by atoms with Gasteiger partial charge in [-0.25, -0.2) is 0 Å². The maximum atomic E-state index is 8.81. The van der Waals surface area contributed by atoms with Crippen LogP contribution in [0.3, 0.4) is 0 Å². The maximum Gasteiger partial charge on any atom is 0.0498 e. The second kappa shape index (κ2) is 3.67. The molecule has 1 atom stereocenters. The Hall–Kier alpha value is -0.300. The lowest BCUT2D eigenvalue weighted by molar-refractivity contribution is 0.214. The van der Waals surface area contributed by atoms with Crippen molar-refractivity contribution in [2.75, 3.05) is 6.61 Å². The van der Waals surface area contributed by atoms with Crippen LogP contribution in [0.15, 0.2) is 12.2 Å². The molecule has 0 aromatic heterocycles. The Morgan fingerprint density at radius 1 is 1.56 bits per heavy atom. The highest BCUT2D eigenvalue weighted by Crippen LogP contribution is 2.16. The lowest BCUT2D eigenvalue weighted by atomic mass is 9.91. The lowest BCUT2D eigenvalue weighted by Crippen LogP contribution is -2.13. The highest BCUT2D eigenvalue weighted by atomic mass is 16.3. The summed E-state index contributed by atoms with van der Waals surface area (Å²) in [5.41, 5.74) is 1.08. The Kier molecular flexibility index (Phi) is 3.55. The summed E-state index contributed by atoms with van der Waals surface area (Å²) in [6.07, 6.45) is 0. The van der Waals surface area contributed by atoms with E-state index < -0.39 is 0 Å². The van der Waals surface area contributed by atoms with Gasteiger partial charge in [-0.05, 0) is 12.8 Å². The van der Waals surface area contributed by atoms with E-state index in [-0.39, 0.29) is 12.5 Å².